The quantitative estimate of drug-likeness (QED) is 0.720. The van der Waals surface area contributed by atoms with Crippen LogP contribution in [0.15, 0.2) is 83.2 Å². The van der Waals surface area contributed by atoms with E-state index in [1.54, 1.807) is 0 Å². The SMILES string of the molecule is O=C1CCCC2=C1C(c1ccccc1)C1=C(CCCC1=O)N2c1ccccc1. The number of carbonyl (C=O) groups excluding carboxylic acids is 2. The fourth-order valence-electron chi connectivity index (χ4n) is 4.99. The Balaban J connectivity index is 1.80. The summed E-state index contributed by atoms with van der Waals surface area (Å²) in [6.45, 7) is 0. The zero-order valence-electron chi connectivity index (χ0n) is 15.9. The Morgan fingerprint density at radius 2 is 1.14 bits per heavy atom. The van der Waals surface area contributed by atoms with Gasteiger partial charge in [0, 0.05) is 47.0 Å². The van der Waals surface area contributed by atoms with Gasteiger partial charge in [-0.15, -0.1) is 0 Å². The first-order valence-corrected chi connectivity index (χ1v) is 10.2. The predicted octanol–water partition coefficient (Wildman–Crippen LogP) is 5.30. The zero-order chi connectivity index (χ0) is 19.1. The van der Waals surface area contributed by atoms with E-state index in [2.05, 4.69) is 29.2 Å². The van der Waals surface area contributed by atoms with Crippen molar-refractivity contribution in [3.8, 4) is 0 Å². The lowest BCUT2D eigenvalue weighted by molar-refractivity contribution is -0.116. The van der Waals surface area contributed by atoms with Gasteiger partial charge in [0.25, 0.3) is 0 Å². The monoisotopic (exact) mass is 369 g/mol. The first-order chi connectivity index (χ1) is 13.8. The smallest absolute Gasteiger partial charge is 0.161 e. The molecule has 2 aromatic rings. The van der Waals surface area contributed by atoms with Crippen LogP contribution in [0.25, 0.3) is 0 Å². The Labute approximate surface area is 165 Å². The number of Topliss-reactive ketones (excluding diaryl/α,β-unsaturated/α-hetero) is 2. The van der Waals surface area contributed by atoms with Gasteiger partial charge >= 0.3 is 0 Å². The van der Waals surface area contributed by atoms with Crippen LogP contribution < -0.4 is 4.90 Å². The van der Waals surface area contributed by atoms with Crippen LogP contribution in [-0.4, -0.2) is 11.6 Å². The molecule has 0 aromatic heterocycles. The van der Waals surface area contributed by atoms with Crippen molar-refractivity contribution in [2.24, 2.45) is 0 Å². The van der Waals surface area contributed by atoms with Crippen molar-refractivity contribution in [2.75, 3.05) is 4.90 Å². The molecule has 5 rings (SSSR count). The van der Waals surface area contributed by atoms with Crippen LogP contribution in [0.2, 0.25) is 0 Å². The van der Waals surface area contributed by atoms with Crippen LogP contribution in [0, 0.1) is 0 Å². The maximum absolute atomic E-state index is 13.2. The minimum atomic E-state index is -0.216. The van der Waals surface area contributed by atoms with E-state index in [-0.39, 0.29) is 17.5 Å². The highest BCUT2D eigenvalue weighted by Crippen LogP contribution is 2.50. The number of para-hydroxylation sites is 1. The van der Waals surface area contributed by atoms with Crippen molar-refractivity contribution in [3.05, 3.63) is 88.8 Å². The van der Waals surface area contributed by atoms with E-state index in [0.717, 1.165) is 59.5 Å². The summed E-state index contributed by atoms with van der Waals surface area (Å²) in [6.07, 6.45) is 4.65. The Hall–Kier alpha value is -2.94. The van der Waals surface area contributed by atoms with Gasteiger partial charge in [0.15, 0.2) is 11.6 Å². The number of benzene rings is 2. The molecule has 0 saturated carbocycles. The molecule has 0 amide bonds. The third kappa shape index (κ3) is 2.65. The molecule has 3 aliphatic rings. The predicted molar refractivity (Wildman–Crippen MR) is 110 cm³/mol. The normalized spacial score (nSPS) is 20.4. The van der Waals surface area contributed by atoms with E-state index in [1.807, 2.05) is 36.4 Å². The number of nitrogens with zero attached hydrogens (tertiary/aromatic N) is 1. The average molecular weight is 369 g/mol. The Kier molecular flexibility index (Phi) is 4.23. The maximum atomic E-state index is 13.2. The Morgan fingerprint density at radius 1 is 0.643 bits per heavy atom. The molecular weight excluding hydrogens is 346 g/mol. The molecule has 3 heteroatoms. The van der Waals surface area contributed by atoms with Crippen molar-refractivity contribution in [3.63, 3.8) is 0 Å². The molecule has 140 valence electrons. The van der Waals surface area contributed by atoms with E-state index in [1.165, 1.54) is 0 Å². The second-order valence-electron chi connectivity index (χ2n) is 7.79. The largest absolute Gasteiger partial charge is 0.317 e. The van der Waals surface area contributed by atoms with E-state index >= 15 is 0 Å². The molecule has 28 heavy (non-hydrogen) atoms. The van der Waals surface area contributed by atoms with Crippen LogP contribution in [-0.2, 0) is 9.59 Å². The van der Waals surface area contributed by atoms with Gasteiger partial charge in [0.1, 0.15) is 0 Å². The van der Waals surface area contributed by atoms with Gasteiger partial charge in [-0.2, -0.15) is 0 Å². The molecule has 3 nitrogen and oxygen atoms in total. The molecule has 1 aliphatic heterocycles. The molecule has 0 fully saturated rings. The lowest BCUT2D eigenvalue weighted by Gasteiger charge is -2.44. The fourth-order valence-corrected chi connectivity index (χ4v) is 4.99. The van der Waals surface area contributed by atoms with Gasteiger partial charge < -0.3 is 4.90 Å². The number of carbonyl (C=O) groups is 2. The van der Waals surface area contributed by atoms with Crippen molar-refractivity contribution in [1.29, 1.82) is 0 Å². The first kappa shape index (κ1) is 17.2. The Morgan fingerprint density at radius 3 is 1.68 bits per heavy atom. The molecule has 0 saturated heterocycles. The van der Waals surface area contributed by atoms with Gasteiger partial charge in [0.2, 0.25) is 0 Å². The highest BCUT2D eigenvalue weighted by molar-refractivity contribution is 6.07. The number of allylic oxidation sites excluding steroid dienone is 4. The minimum Gasteiger partial charge on any atom is -0.317 e. The third-order valence-corrected chi connectivity index (χ3v) is 6.12. The molecule has 0 unspecified atom stereocenters. The number of anilines is 1. The van der Waals surface area contributed by atoms with Gasteiger partial charge in [-0.1, -0.05) is 48.5 Å². The molecule has 0 spiro atoms. The van der Waals surface area contributed by atoms with Crippen molar-refractivity contribution < 1.29 is 9.59 Å². The topological polar surface area (TPSA) is 37.4 Å². The molecule has 0 N–H and O–H groups in total. The first-order valence-electron chi connectivity index (χ1n) is 10.2. The van der Waals surface area contributed by atoms with Gasteiger partial charge in [-0.25, -0.2) is 0 Å². The van der Waals surface area contributed by atoms with Crippen LogP contribution >= 0.6 is 0 Å². The number of hydrogen-bond donors (Lipinski definition) is 0. The van der Waals surface area contributed by atoms with Crippen LogP contribution in [0.4, 0.5) is 5.69 Å². The summed E-state index contributed by atoms with van der Waals surface area (Å²) in [5.74, 6) is 0.175. The summed E-state index contributed by atoms with van der Waals surface area (Å²) in [7, 11) is 0. The molecule has 0 radical (unpaired) electrons. The van der Waals surface area contributed by atoms with E-state index < -0.39 is 0 Å². The van der Waals surface area contributed by atoms with Crippen molar-refractivity contribution >= 4 is 17.3 Å². The molecule has 1 heterocycles. The maximum Gasteiger partial charge on any atom is 0.161 e. The summed E-state index contributed by atoms with van der Waals surface area (Å²) in [5.41, 5.74) is 6.00. The van der Waals surface area contributed by atoms with Crippen molar-refractivity contribution in [2.45, 2.75) is 44.4 Å². The summed E-state index contributed by atoms with van der Waals surface area (Å²) in [5, 5.41) is 0. The summed E-state index contributed by atoms with van der Waals surface area (Å²) in [6, 6.07) is 20.3. The highest BCUT2D eigenvalue weighted by atomic mass is 16.1. The van der Waals surface area contributed by atoms with E-state index in [4.69, 9.17) is 0 Å². The molecule has 2 aliphatic carbocycles. The molecule has 2 aromatic carbocycles. The second-order valence-corrected chi connectivity index (χ2v) is 7.79. The average Bonchev–Trinajstić information content (AvgIpc) is 2.74. The van der Waals surface area contributed by atoms with Gasteiger partial charge in [0.05, 0.1) is 0 Å². The van der Waals surface area contributed by atoms with E-state index in [0.29, 0.717) is 12.8 Å². The Bertz CT molecular complexity index is 957. The number of ketones is 2. The minimum absolute atomic E-state index is 0.195. The van der Waals surface area contributed by atoms with Crippen LogP contribution in [0.5, 0.6) is 0 Å². The standard InChI is InChI=1S/C25H23NO2/c27-21-15-7-13-19-24(21)23(17-9-3-1-4-10-17)25-20(14-8-16-22(25)28)26(19)18-11-5-2-6-12-18/h1-6,9-12,23H,7-8,13-16H2. The second kappa shape index (κ2) is 6.90. The van der Waals surface area contributed by atoms with E-state index in [9.17, 15) is 9.59 Å². The lowest BCUT2D eigenvalue weighted by atomic mass is 9.71. The van der Waals surface area contributed by atoms with Crippen LogP contribution in [0.1, 0.15) is 50.0 Å². The molecular formula is C25H23NO2. The van der Waals surface area contributed by atoms with Crippen LogP contribution in [0.3, 0.4) is 0 Å². The molecule has 0 atom stereocenters. The van der Waals surface area contributed by atoms with Crippen molar-refractivity contribution in [1.82, 2.24) is 0 Å². The van der Waals surface area contributed by atoms with Gasteiger partial charge in [-0.3, -0.25) is 9.59 Å². The summed E-state index contributed by atoms with van der Waals surface area (Å²) < 4.78 is 0. The third-order valence-electron chi connectivity index (χ3n) is 6.12. The molecule has 0 bridgehead atoms. The number of hydrogen-bond acceptors (Lipinski definition) is 3. The van der Waals surface area contributed by atoms with Gasteiger partial charge in [-0.05, 0) is 43.4 Å². The lowest BCUT2D eigenvalue weighted by Crippen LogP contribution is -2.39. The summed E-state index contributed by atoms with van der Waals surface area (Å²) in [4.78, 5) is 28.5. The fraction of sp³-hybridized carbons (Fsp3) is 0.280. The summed E-state index contributed by atoms with van der Waals surface area (Å²) >= 11 is 0. The number of rotatable bonds is 2. The highest BCUT2D eigenvalue weighted by Gasteiger charge is 2.43. The zero-order valence-corrected chi connectivity index (χ0v) is 15.9.